The second-order valence-electron chi connectivity index (χ2n) is 7.27. The number of hydrogen-bond acceptors (Lipinski definition) is 4. The third-order valence-corrected chi connectivity index (χ3v) is 4.99. The molecule has 2 aromatic rings. The molecule has 1 aliphatic rings. The van der Waals surface area contributed by atoms with Gasteiger partial charge in [-0.1, -0.05) is 23.7 Å². The minimum atomic E-state index is -0.121. The molecule has 0 aromatic heterocycles. The van der Waals surface area contributed by atoms with E-state index in [4.69, 9.17) is 11.6 Å². The van der Waals surface area contributed by atoms with E-state index in [0.717, 1.165) is 44.2 Å². The Morgan fingerprint density at radius 2 is 1.50 bits per heavy atom. The van der Waals surface area contributed by atoms with Gasteiger partial charge >= 0.3 is 0 Å². The molecule has 0 unspecified atom stereocenters. The highest BCUT2D eigenvalue weighted by Gasteiger charge is 2.21. The van der Waals surface area contributed by atoms with Gasteiger partial charge in [0.25, 0.3) is 5.91 Å². The van der Waals surface area contributed by atoms with Crippen molar-refractivity contribution in [1.82, 2.24) is 15.1 Å². The van der Waals surface area contributed by atoms with Crippen molar-refractivity contribution >= 4 is 29.1 Å². The molecule has 0 atom stereocenters. The van der Waals surface area contributed by atoms with Crippen LogP contribution in [0.2, 0.25) is 5.02 Å². The van der Waals surface area contributed by atoms with E-state index < -0.39 is 0 Å². The van der Waals surface area contributed by atoms with Crippen LogP contribution in [0, 0.1) is 0 Å². The molecule has 30 heavy (non-hydrogen) atoms. The summed E-state index contributed by atoms with van der Waals surface area (Å²) in [6.07, 6.45) is 0.982. The van der Waals surface area contributed by atoms with E-state index in [2.05, 4.69) is 27.7 Å². The van der Waals surface area contributed by atoms with Crippen molar-refractivity contribution in [2.45, 2.75) is 13.3 Å². The van der Waals surface area contributed by atoms with Crippen molar-refractivity contribution < 1.29 is 9.59 Å². The molecule has 3 rings (SSSR count). The number of rotatable bonds is 5. The van der Waals surface area contributed by atoms with Crippen LogP contribution in [0.15, 0.2) is 48.5 Å². The third kappa shape index (κ3) is 7.78. The fourth-order valence-corrected chi connectivity index (χ4v) is 3.32. The predicted molar refractivity (Wildman–Crippen MR) is 123 cm³/mol. The van der Waals surface area contributed by atoms with Crippen LogP contribution in [-0.2, 0) is 11.2 Å². The molecule has 1 fully saturated rings. The van der Waals surface area contributed by atoms with Crippen LogP contribution in [0.1, 0.15) is 22.8 Å². The summed E-state index contributed by atoms with van der Waals surface area (Å²) in [5.74, 6) is -0.0782. The van der Waals surface area contributed by atoms with E-state index in [0.29, 0.717) is 11.3 Å². The minimum absolute atomic E-state index is 0.0433. The van der Waals surface area contributed by atoms with Crippen LogP contribution in [0.3, 0.4) is 0 Å². The molecule has 0 radical (unpaired) electrons. The first kappa shape index (κ1) is 23.9. The third-order valence-electron chi connectivity index (χ3n) is 4.74. The van der Waals surface area contributed by atoms with Crippen LogP contribution in [0.4, 0.5) is 5.69 Å². The van der Waals surface area contributed by atoms with E-state index >= 15 is 0 Å². The number of nitrogens with one attached hydrogen (secondary N) is 2. The average Bonchev–Trinajstić information content (AvgIpc) is 2.74. The quantitative estimate of drug-likeness (QED) is 0.764. The maximum atomic E-state index is 12.7. The van der Waals surface area contributed by atoms with Gasteiger partial charge in [0.05, 0.1) is 0 Å². The number of halogens is 1. The van der Waals surface area contributed by atoms with Gasteiger partial charge in [0, 0.05) is 55.9 Å². The van der Waals surface area contributed by atoms with Gasteiger partial charge < -0.3 is 15.5 Å². The Morgan fingerprint density at radius 3 is 2.03 bits per heavy atom. The Kier molecular flexibility index (Phi) is 9.80. The molecule has 1 saturated heterocycles. The van der Waals surface area contributed by atoms with Gasteiger partial charge in [-0.15, -0.1) is 0 Å². The Hall–Kier alpha value is -2.41. The number of carbonyl (C=O) groups excluding carboxylic acids is 2. The summed E-state index contributed by atoms with van der Waals surface area (Å²) in [6, 6.07) is 15.0. The Morgan fingerprint density at radius 1 is 0.933 bits per heavy atom. The van der Waals surface area contributed by atoms with E-state index in [9.17, 15) is 9.59 Å². The lowest BCUT2D eigenvalue weighted by Gasteiger charge is -2.34. The number of piperazine rings is 1. The molecule has 2 aromatic carbocycles. The van der Waals surface area contributed by atoms with Gasteiger partial charge in [0.1, 0.15) is 0 Å². The fourth-order valence-electron chi connectivity index (χ4n) is 3.19. The summed E-state index contributed by atoms with van der Waals surface area (Å²) in [5.41, 5.74) is 2.63. The molecule has 2 N–H and O–H groups in total. The first-order chi connectivity index (χ1) is 14.4. The van der Waals surface area contributed by atoms with Crippen molar-refractivity contribution in [1.29, 1.82) is 0 Å². The largest absolute Gasteiger partial charge is 0.336 e. The lowest BCUT2D eigenvalue weighted by Crippen LogP contribution is -2.49. The van der Waals surface area contributed by atoms with Gasteiger partial charge in [-0.3, -0.25) is 14.5 Å². The lowest BCUT2D eigenvalue weighted by atomic mass is 10.1. The lowest BCUT2D eigenvalue weighted by molar-refractivity contribution is -0.114. The van der Waals surface area contributed by atoms with Crippen molar-refractivity contribution in [2.75, 3.05) is 52.1 Å². The zero-order valence-corrected chi connectivity index (χ0v) is 18.7. The highest BCUT2D eigenvalue weighted by Crippen LogP contribution is 2.14. The summed E-state index contributed by atoms with van der Waals surface area (Å²) in [5, 5.41) is 6.22. The second-order valence-corrected chi connectivity index (χ2v) is 7.71. The molecule has 0 aliphatic carbocycles. The first-order valence-corrected chi connectivity index (χ1v) is 10.5. The molecule has 2 amide bonds. The SMILES string of the molecule is CC(=O)Nc1ccc(C(=O)N2CCN(CCc3ccc(Cl)cc3)CC2)cc1.CNC. The molecule has 0 saturated carbocycles. The highest BCUT2D eigenvalue weighted by atomic mass is 35.5. The number of carbonyl (C=O) groups is 2. The monoisotopic (exact) mass is 430 g/mol. The summed E-state index contributed by atoms with van der Waals surface area (Å²) >= 11 is 5.92. The Balaban J connectivity index is 0.00000101. The number of amides is 2. The number of hydrogen-bond donors (Lipinski definition) is 2. The normalized spacial score (nSPS) is 13.9. The second kappa shape index (κ2) is 12.3. The average molecular weight is 431 g/mol. The smallest absolute Gasteiger partial charge is 0.253 e. The molecule has 162 valence electrons. The van der Waals surface area contributed by atoms with Gasteiger partial charge in [0.15, 0.2) is 0 Å². The van der Waals surface area contributed by atoms with Crippen molar-refractivity contribution in [2.24, 2.45) is 0 Å². The van der Waals surface area contributed by atoms with Crippen LogP contribution in [0.5, 0.6) is 0 Å². The maximum Gasteiger partial charge on any atom is 0.253 e. The first-order valence-electron chi connectivity index (χ1n) is 10.1. The van der Waals surface area contributed by atoms with Crippen molar-refractivity contribution in [3.05, 3.63) is 64.7 Å². The number of anilines is 1. The van der Waals surface area contributed by atoms with E-state index in [-0.39, 0.29) is 11.8 Å². The molecule has 6 nitrogen and oxygen atoms in total. The van der Waals surface area contributed by atoms with Crippen LogP contribution in [-0.4, -0.2) is 68.4 Å². The number of benzene rings is 2. The standard InChI is InChI=1S/C21H24ClN3O2.C2H7N/c1-16(26)23-20-8-4-18(5-9-20)21(27)25-14-12-24(13-15-25)11-10-17-2-6-19(22)7-3-17;1-3-2/h2-9H,10-15H2,1H3,(H,23,26);3H,1-2H3. The van der Waals surface area contributed by atoms with Gasteiger partial charge in [-0.25, -0.2) is 0 Å². The van der Waals surface area contributed by atoms with Gasteiger partial charge in [-0.05, 0) is 62.5 Å². The summed E-state index contributed by atoms with van der Waals surface area (Å²) < 4.78 is 0. The van der Waals surface area contributed by atoms with Gasteiger partial charge in [0.2, 0.25) is 5.91 Å². The zero-order valence-electron chi connectivity index (χ0n) is 18.0. The van der Waals surface area contributed by atoms with Gasteiger partial charge in [-0.2, -0.15) is 0 Å². The molecule has 0 bridgehead atoms. The Labute approximate surface area is 184 Å². The number of nitrogens with zero attached hydrogens (tertiary/aromatic N) is 2. The molecule has 1 heterocycles. The summed E-state index contributed by atoms with van der Waals surface area (Å²) in [6.45, 7) is 5.66. The van der Waals surface area contributed by atoms with Crippen molar-refractivity contribution in [3.8, 4) is 0 Å². The predicted octanol–water partition coefficient (Wildman–Crippen LogP) is 3.13. The zero-order chi connectivity index (χ0) is 21.9. The molecular formula is C23H31ClN4O2. The van der Waals surface area contributed by atoms with E-state index in [1.54, 1.807) is 24.3 Å². The van der Waals surface area contributed by atoms with Crippen molar-refractivity contribution in [3.63, 3.8) is 0 Å². The fraction of sp³-hybridized carbons (Fsp3) is 0.391. The molecular weight excluding hydrogens is 400 g/mol. The highest BCUT2D eigenvalue weighted by molar-refractivity contribution is 6.30. The topological polar surface area (TPSA) is 64.7 Å². The van der Waals surface area contributed by atoms with Crippen LogP contribution < -0.4 is 10.6 Å². The summed E-state index contributed by atoms with van der Waals surface area (Å²) in [4.78, 5) is 28.0. The Bertz CT molecular complexity index is 801. The molecule has 0 spiro atoms. The molecule has 1 aliphatic heterocycles. The minimum Gasteiger partial charge on any atom is -0.336 e. The maximum absolute atomic E-state index is 12.7. The van der Waals surface area contributed by atoms with E-state index in [1.807, 2.05) is 31.1 Å². The van der Waals surface area contributed by atoms with Crippen LogP contribution >= 0.6 is 11.6 Å². The summed E-state index contributed by atoms with van der Waals surface area (Å²) in [7, 11) is 3.75. The van der Waals surface area contributed by atoms with Crippen LogP contribution in [0.25, 0.3) is 0 Å². The molecule has 7 heteroatoms. The van der Waals surface area contributed by atoms with E-state index in [1.165, 1.54) is 12.5 Å².